The summed E-state index contributed by atoms with van der Waals surface area (Å²) in [5, 5.41) is 3.35. The fourth-order valence-electron chi connectivity index (χ4n) is 2.71. The molecule has 0 bridgehead atoms. The predicted octanol–water partition coefficient (Wildman–Crippen LogP) is 2.70. The maximum absolute atomic E-state index is 13.0. The molecule has 1 heterocycles. The SMILES string of the molecule is CNCC1CCN(C(=O)C(C)Oc2ccc(F)cc2Cl)CC1. The third kappa shape index (κ3) is 4.34. The van der Waals surface area contributed by atoms with Gasteiger partial charge in [0.2, 0.25) is 0 Å². The molecule has 1 N–H and O–H groups in total. The Morgan fingerprint density at radius 2 is 2.18 bits per heavy atom. The molecule has 122 valence electrons. The summed E-state index contributed by atoms with van der Waals surface area (Å²) >= 11 is 5.92. The van der Waals surface area contributed by atoms with E-state index in [9.17, 15) is 9.18 Å². The largest absolute Gasteiger partial charge is 0.479 e. The van der Waals surface area contributed by atoms with Crippen molar-refractivity contribution in [3.63, 3.8) is 0 Å². The number of rotatable bonds is 5. The Hall–Kier alpha value is -1.33. The van der Waals surface area contributed by atoms with E-state index in [2.05, 4.69) is 5.32 Å². The van der Waals surface area contributed by atoms with Crippen LogP contribution in [0, 0.1) is 11.7 Å². The lowest BCUT2D eigenvalue weighted by atomic mass is 9.96. The summed E-state index contributed by atoms with van der Waals surface area (Å²) in [6, 6.07) is 3.89. The molecule has 1 aliphatic rings. The number of nitrogens with one attached hydrogen (secondary N) is 1. The molecule has 0 spiro atoms. The van der Waals surface area contributed by atoms with Gasteiger partial charge in [0.05, 0.1) is 5.02 Å². The number of likely N-dealkylation sites (tertiary alicyclic amines) is 1. The van der Waals surface area contributed by atoms with Crippen LogP contribution in [0.1, 0.15) is 19.8 Å². The first-order chi connectivity index (χ1) is 10.5. The summed E-state index contributed by atoms with van der Waals surface area (Å²) < 4.78 is 18.6. The predicted molar refractivity (Wildman–Crippen MR) is 84.7 cm³/mol. The first kappa shape index (κ1) is 17.0. The minimum Gasteiger partial charge on any atom is -0.479 e. The van der Waals surface area contributed by atoms with Crippen molar-refractivity contribution in [2.24, 2.45) is 5.92 Å². The van der Waals surface area contributed by atoms with Gasteiger partial charge in [-0.3, -0.25) is 4.79 Å². The van der Waals surface area contributed by atoms with Crippen molar-refractivity contribution in [3.8, 4) is 5.75 Å². The number of amides is 1. The molecule has 0 aromatic heterocycles. The van der Waals surface area contributed by atoms with Crippen molar-refractivity contribution in [1.29, 1.82) is 0 Å². The molecule has 0 radical (unpaired) electrons. The van der Waals surface area contributed by atoms with Gasteiger partial charge in [0.15, 0.2) is 6.10 Å². The van der Waals surface area contributed by atoms with E-state index in [1.54, 1.807) is 6.92 Å². The van der Waals surface area contributed by atoms with E-state index >= 15 is 0 Å². The van der Waals surface area contributed by atoms with Gasteiger partial charge in [-0.2, -0.15) is 0 Å². The van der Waals surface area contributed by atoms with Gasteiger partial charge < -0.3 is 15.0 Å². The second-order valence-corrected chi connectivity index (χ2v) is 6.07. The van der Waals surface area contributed by atoms with Crippen LogP contribution < -0.4 is 10.1 Å². The van der Waals surface area contributed by atoms with Crippen molar-refractivity contribution in [1.82, 2.24) is 10.2 Å². The zero-order chi connectivity index (χ0) is 16.1. The number of halogens is 2. The highest BCUT2D eigenvalue weighted by Crippen LogP contribution is 2.26. The van der Waals surface area contributed by atoms with Crippen molar-refractivity contribution in [3.05, 3.63) is 29.0 Å². The zero-order valence-corrected chi connectivity index (χ0v) is 13.7. The number of piperidine rings is 1. The summed E-state index contributed by atoms with van der Waals surface area (Å²) in [5.41, 5.74) is 0. The first-order valence-electron chi connectivity index (χ1n) is 7.56. The van der Waals surface area contributed by atoms with Crippen LogP contribution in [0.25, 0.3) is 0 Å². The number of carbonyl (C=O) groups is 1. The molecule has 6 heteroatoms. The molecule has 0 aliphatic carbocycles. The summed E-state index contributed by atoms with van der Waals surface area (Å²) in [4.78, 5) is 14.2. The number of carbonyl (C=O) groups excluding carboxylic acids is 1. The van der Waals surface area contributed by atoms with E-state index in [1.165, 1.54) is 18.2 Å². The summed E-state index contributed by atoms with van der Waals surface area (Å²) in [6.45, 7) is 4.17. The molecule has 1 amide bonds. The normalized spacial score (nSPS) is 17.4. The molecule has 2 rings (SSSR count). The van der Waals surface area contributed by atoms with Crippen LogP contribution in [-0.2, 0) is 4.79 Å². The summed E-state index contributed by atoms with van der Waals surface area (Å²) in [7, 11) is 1.94. The topological polar surface area (TPSA) is 41.6 Å². The van der Waals surface area contributed by atoms with Crippen LogP contribution in [0.5, 0.6) is 5.75 Å². The Labute approximate surface area is 135 Å². The van der Waals surface area contributed by atoms with Crippen LogP contribution in [0.15, 0.2) is 18.2 Å². The third-order valence-corrected chi connectivity index (χ3v) is 4.26. The van der Waals surface area contributed by atoms with E-state index in [0.717, 1.165) is 32.5 Å². The first-order valence-corrected chi connectivity index (χ1v) is 7.94. The molecule has 22 heavy (non-hydrogen) atoms. The minimum atomic E-state index is -0.635. The third-order valence-electron chi connectivity index (χ3n) is 3.96. The van der Waals surface area contributed by atoms with Crippen LogP contribution in [0.3, 0.4) is 0 Å². The highest BCUT2D eigenvalue weighted by molar-refractivity contribution is 6.32. The van der Waals surface area contributed by atoms with Gasteiger partial charge in [-0.25, -0.2) is 4.39 Å². The molecule has 0 saturated carbocycles. The number of hydrogen-bond donors (Lipinski definition) is 1. The monoisotopic (exact) mass is 328 g/mol. The minimum absolute atomic E-state index is 0.0525. The summed E-state index contributed by atoms with van der Waals surface area (Å²) in [5.74, 6) is 0.469. The van der Waals surface area contributed by atoms with Gasteiger partial charge >= 0.3 is 0 Å². The molecular weight excluding hydrogens is 307 g/mol. The quantitative estimate of drug-likeness (QED) is 0.903. The second kappa shape index (κ2) is 7.79. The molecule has 1 unspecified atom stereocenters. The van der Waals surface area contributed by atoms with Crippen molar-refractivity contribution in [2.45, 2.75) is 25.9 Å². The maximum atomic E-state index is 13.0. The average molecular weight is 329 g/mol. The number of benzene rings is 1. The Bertz CT molecular complexity index is 519. The lowest BCUT2D eigenvalue weighted by molar-refractivity contribution is -0.139. The standard InChI is InChI=1S/C16H22ClFN2O2/c1-11(22-15-4-3-13(18)9-14(15)17)16(21)20-7-5-12(6-8-20)10-19-2/h3-4,9,11-12,19H,5-8,10H2,1-2H3. The fourth-order valence-corrected chi connectivity index (χ4v) is 2.93. The Kier molecular flexibility index (Phi) is 6.03. The number of nitrogens with zero attached hydrogens (tertiary/aromatic N) is 1. The summed E-state index contributed by atoms with van der Waals surface area (Å²) in [6.07, 6.45) is 1.36. The zero-order valence-electron chi connectivity index (χ0n) is 12.9. The molecule has 1 aromatic rings. The lowest BCUT2D eigenvalue weighted by Gasteiger charge is -2.33. The molecule has 1 fully saturated rings. The van der Waals surface area contributed by atoms with Crippen molar-refractivity contribution >= 4 is 17.5 Å². The van der Waals surface area contributed by atoms with Crippen LogP contribution >= 0.6 is 11.6 Å². The number of hydrogen-bond acceptors (Lipinski definition) is 3. The Balaban J connectivity index is 1.90. The van der Waals surface area contributed by atoms with Gasteiger partial charge in [-0.1, -0.05) is 11.6 Å². The van der Waals surface area contributed by atoms with Crippen molar-refractivity contribution < 1.29 is 13.9 Å². The lowest BCUT2D eigenvalue weighted by Crippen LogP contribution is -2.45. The van der Waals surface area contributed by atoms with Crippen molar-refractivity contribution in [2.75, 3.05) is 26.7 Å². The van der Waals surface area contributed by atoms with E-state index in [0.29, 0.717) is 11.7 Å². The van der Waals surface area contributed by atoms with Gasteiger partial charge in [0, 0.05) is 13.1 Å². The Morgan fingerprint density at radius 3 is 2.77 bits per heavy atom. The van der Waals surface area contributed by atoms with Crippen LogP contribution in [-0.4, -0.2) is 43.6 Å². The highest BCUT2D eigenvalue weighted by atomic mass is 35.5. The van der Waals surface area contributed by atoms with Gasteiger partial charge in [0.25, 0.3) is 5.91 Å². The van der Waals surface area contributed by atoms with Gasteiger partial charge in [-0.05, 0) is 57.5 Å². The smallest absolute Gasteiger partial charge is 0.263 e. The van der Waals surface area contributed by atoms with E-state index in [-0.39, 0.29) is 10.9 Å². The van der Waals surface area contributed by atoms with Crippen LogP contribution in [0.2, 0.25) is 5.02 Å². The fraction of sp³-hybridized carbons (Fsp3) is 0.562. The molecule has 1 aliphatic heterocycles. The van der Waals surface area contributed by atoms with Gasteiger partial charge in [-0.15, -0.1) is 0 Å². The Morgan fingerprint density at radius 1 is 1.50 bits per heavy atom. The number of ether oxygens (including phenoxy) is 1. The second-order valence-electron chi connectivity index (χ2n) is 5.66. The van der Waals surface area contributed by atoms with Crippen LogP contribution in [0.4, 0.5) is 4.39 Å². The molecular formula is C16H22ClFN2O2. The molecule has 1 aromatic carbocycles. The molecule has 1 saturated heterocycles. The molecule has 4 nitrogen and oxygen atoms in total. The van der Waals surface area contributed by atoms with E-state index in [1.807, 2.05) is 11.9 Å². The van der Waals surface area contributed by atoms with Gasteiger partial charge in [0.1, 0.15) is 11.6 Å². The highest BCUT2D eigenvalue weighted by Gasteiger charge is 2.27. The average Bonchev–Trinajstić information content (AvgIpc) is 2.50. The molecule has 1 atom stereocenters. The van der Waals surface area contributed by atoms with E-state index < -0.39 is 11.9 Å². The maximum Gasteiger partial charge on any atom is 0.263 e. The van der Waals surface area contributed by atoms with E-state index in [4.69, 9.17) is 16.3 Å².